The number of amides is 4. The number of rotatable bonds is 5. The second-order valence-electron chi connectivity index (χ2n) is 6.88. The number of hydrogen-bond donors (Lipinski definition) is 3. The predicted molar refractivity (Wildman–Crippen MR) is 98.6 cm³/mol. The third kappa shape index (κ3) is 3.97. The predicted octanol–water partition coefficient (Wildman–Crippen LogP) is 1.63. The second kappa shape index (κ2) is 7.67. The molecular weight excluding hydrogens is 418 g/mol. The Morgan fingerprint density at radius 2 is 1.93 bits per heavy atom. The van der Waals surface area contributed by atoms with Gasteiger partial charge in [0.15, 0.2) is 0 Å². The minimum atomic E-state index is -1.08. The van der Waals surface area contributed by atoms with Gasteiger partial charge in [0.2, 0.25) is 5.91 Å². The molecule has 2 aliphatic rings. The fourth-order valence-corrected chi connectivity index (χ4v) is 3.98. The van der Waals surface area contributed by atoms with E-state index in [0.29, 0.717) is 12.8 Å². The van der Waals surface area contributed by atoms with E-state index >= 15 is 0 Å². The summed E-state index contributed by atoms with van der Waals surface area (Å²) in [5, 5.41) is 14.5. The zero-order valence-electron chi connectivity index (χ0n) is 14.5. The molecule has 8 nitrogen and oxygen atoms in total. The summed E-state index contributed by atoms with van der Waals surface area (Å²) in [5.41, 5.74) is -0.197. The van der Waals surface area contributed by atoms with Gasteiger partial charge in [0, 0.05) is 11.0 Å². The van der Waals surface area contributed by atoms with Gasteiger partial charge in [-0.15, -0.1) is 0 Å². The van der Waals surface area contributed by atoms with Gasteiger partial charge in [-0.1, -0.05) is 34.1 Å². The molecular formula is C18H20BrN3O5. The zero-order valence-corrected chi connectivity index (χ0v) is 16.1. The highest BCUT2D eigenvalue weighted by Gasteiger charge is 2.53. The Kier molecular flexibility index (Phi) is 5.50. The van der Waals surface area contributed by atoms with Gasteiger partial charge in [-0.05, 0) is 37.3 Å². The lowest BCUT2D eigenvalue weighted by Gasteiger charge is -2.33. The molecule has 0 aromatic heterocycles. The first-order valence-electron chi connectivity index (χ1n) is 8.69. The Morgan fingerprint density at radius 3 is 2.56 bits per heavy atom. The van der Waals surface area contributed by atoms with Gasteiger partial charge >= 0.3 is 12.0 Å². The summed E-state index contributed by atoms with van der Waals surface area (Å²) in [7, 11) is 0. The number of carbonyl (C=O) groups excluding carboxylic acids is 3. The molecule has 0 bridgehead atoms. The van der Waals surface area contributed by atoms with E-state index in [1.807, 2.05) is 24.3 Å². The zero-order chi connectivity index (χ0) is 19.6. The molecule has 3 rings (SSSR count). The summed E-state index contributed by atoms with van der Waals surface area (Å²) in [6.07, 6.45) is 1.18. The Hall–Kier alpha value is -2.42. The Morgan fingerprint density at radius 1 is 1.26 bits per heavy atom. The van der Waals surface area contributed by atoms with E-state index in [1.54, 1.807) is 0 Å². The minimum absolute atomic E-state index is 0.267. The van der Waals surface area contributed by atoms with E-state index in [-0.39, 0.29) is 25.9 Å². The van der Waals surface area contributed by atoms with Crippen LogP contribution in [0.3, 0.4) is 0 Å². The number of urea groups is 1. The summed E-state index contributed by atoms with van der Waals surface area (Å²) >= 11 is 3.39. The van der Waals surface area contributed by atoms with E-state index in [1.165, 1.54) is 0 Å². The van der Waals surface area contributed by atoms with Crippen LogP contribution < -0.4 is 10.6 Å². The van der Waals surface area contributed by atoms with E-state index in [4.69, 9.17) is 5.11 Å². The lowest BCUT2D eigenvalue weighted by Crippen LogP contribution is -2.50. The number of imide groups is 1. The van der Waals surface area contributed by atoms with Crippen molar-refractivity contribution in [2.45, 2.75) is 37.8 Å². The average Bonchev–Trinajstić information content (AvgIpc) is 2.85. The third-order valence-electron chi connectivity index (χ3n) is 5.17. The Labute approximate surface area is 164 Å². The van der Waals surface area contributed by atoms with Crippen molar-refractivity contribution in [2.75, 3.05) is 6.54 Å². The highest BCUT2D eigenvalue weighted by molar-refractivity contribution is 9.10. The maximum absolute atomic E-state index is 12.7. The number of benzene rings is 1. The Balaban J connectivity index is 1.58. The SMILES string of the molecule is O=C(CN1C(=O)NC2(CCC(C(=O)O)CC2)C1=O)NCc1ccccc1Br. The topological polar surface area (TPSA) is 116 Å². The second-order valence-corrected chi connectivity index (χ2v) is 7.74. The molecule has 0 unspecified atom stereocenters. The smallest absolute Gasteiger partial charge is 0.325 e. The minimum Gasteiger partial charge on any atom is -0.481 e. The summed E-state index contributed by atoms with van der Waals surface area (Å²) in [5.74, 6) is -2.27. The molecule has 144 valence electrons. The molecule has 1 spiro atoms. The van der Waals surface area contributed by atoms with Gasteiger partial charge in [-0.3, -0.25) is 19.3 Å². The summed E-state index contributed by atoms with van der Waals surface area (Å²) in [4.78, 5) is 49.2. The van der Waals surface area contributed by atoms with Crippen molar-refractivity contribution in [1.29, 1.82) is 0 Å². The summed E-state index contributed by atoms with van der Waals surface area (Å²) < 4.78 is 0.856. The number of nitrogens with one attached hydrogen (secondary N) is 2. The van der Waals surface area contributed by atoms with Crippen molar-refractivity contribution in [1.82, 2.24) is 15.5 Å². The molecule has 1 heterocycles. The molecule has 1 saturated carbocycles. The van der Waals surface area contributed by atoms with Crippen LogP contribution in [-0.4, -0.2) is 45.9 Å². The molecule has 2 fully saturated rings. The van der Waals surface area contributed by atoms with Crippen LogP contribution in [0.1, 0.15) is 31.2 Å². The highest BCUT2D eigenvalue weighted by Crippen LogP contribution is 2.36. The standard InChI is InChI=1S/C18H20BrN3O5/c19-13-4-2-1-3-12(13)9-20-14(23)10-22-16(26)18(21-17(22)27)7-5-11(6-8-18)15(24)25/h1-4,11H,5-10H2,(H,20,23)(H,21,27)(H,24,25). The number of hydrogen-bond acceptors (Lipinski definition) is 4. The molecule has 0 radical (unpaired) electrons. The first-order chi connectivity index (χ1) is 12.8. The first kappa shape index (κ1) is 19.3. The molecule has 1 aliphatic carbocycles. The lowest BCUT2D eigenvalue weighted by atomic mass is 9.76. The van der Waals surface area contributed by atoms with Crippen molar-refractivity contribution >= 4 is 39.7 Å². The van der Waals surface area contributed by atoms with Crippen molar-refractivity contribution < 1.29 is 24.3 Å². The van der Waals surface area contributed by atoms with Crippen LogP contribution >= 0.6 is 15.9 Å². The molecule has 3 N–H and O–H groups in total. The highest BCUT2D eigenvalue weighted by atomic mass is 79.9. The number of carboxylic acids is 1. The van der Waals surface area contributed by atoms with Crippen molar-refractivity contribution in [3.63, 3.8) is 0 Å². The van der Waals surface area contributed by atoms with Crippen LogP contribution in [-0.2, 0) is 20.9 Å². The number of nitrogens with zero attached hydrogens (tertiary/aromatic N) is 1. The van der Waals surface area contributed by atoms with Crippen LogP contribution in [0.4, 0.5) is 4.79 Å². The monoisotopic (exact) mass is 437 g/mol. The lowest BCUT2D eigenvalue weighted by molar-refractivity contribution is -0.145. The number of carboxylic acid groups (broad SMARTS) is 1. The first-order valence-corrected chi connectivity index (χ1v) is 9.49. The summed E-state index contributed by atoms with van der Waals surface area (Å²) in [6.45, 7) is -0.0887. The van der Waals surface area contributed by atoms with E-state index in [2.05, 4.69) is 26.6 Å². The fourth-order valence-electron chi connectivity index (χ4n) is 3.55. The van der Waals surface area contributed by atoms with Gasteiger partial charge in [-0.25, -0.2) is 4.79 Å². The number of carbonyl (C=O) groups is 4. The molecule has 1 aromatic carbocycles. The molecule has 1 aliphatic heterocycles. The fraction of sp³-hybridized carbons (Fsp3) is 0.444. The van der Waals surface area contributed by atoms with Crippen molar-refractivity contribution in [3.05, 3.63) is 34.3 Å². The van der Waals surface area contributed by atoms with Crippen LogP contribution in [0.2, 0.25) is 0 Å². The third-order valence-corrected chi connectivity index (χ3v) is 5.94. The van der Waals surface area contributed by atoms with E-state index in [0.717, 1.165) is 14.9 Å². The van der Waals surface area contributed by atoms with E-state index in [9.17, 15) is 19.2 Å². The maximum Gasteiger partial charge on any atom is 0.325 e. The van der Waals surface area contributed by atoms with Gasteiger partial charge in [-0.2, -0.15) is 0 Å². The van der Waals surface area contributed by atoms with Crippen molar-refractivity contribution in [2.24, 2.45) is 5.92 Å². The van der Waals surface area contributed by atoms with Gasteiger partial charge in [0.1, 0.15) is 12.1 Å². The van der Waals surface area contributed by atoms with Crippen LogP contribution in [0.15, 0.2) is 28.7 Å². The van der Waals surface area contributed by atoms with Gasteiger partial charge in [0.25, 0.3) is 5.91 Å². The van der Waals surface area contributed by atoms with Gasteiger partial charge in [0.05, 0.1) is 5.92 Å². The van der Waals surface area contributed by atoms with Gasteiger partial charge < -0.3 is 15.7 Å². The van der Waals surface area contributed by atoms with Crippen LogP contribution in [0, 0.1) is 5.92 Å². The number of halogens is 1. The van der Waals surface area contributed by atoms with Crippen molar-refractivity contribution in [3.8, 4) is 0 Å². The molecule has 4 amide bonds. The molecule has 1 aromatic rings. The maximum atomic E-state index is 12.7. The molecule has 1 saturated heterocycles. The molecule has 9 heteroatoms. The van der Waals surface area contributed by atoms with Crippen LogP contribution in [0.25, 0.3) is 0 Å². The largest absolute Gasteiger partial charge is 0.481 e. The molecule has 0 atom stereocenters. The Bertz CT molecular complexity index is 789. The molecule has 27 heavy (non-hydrogen) atoms. The quantitative estimate of drug-likeness (QED) is 0.605. The average molecular weight is 438 g/mol. The van der Waals surface area contributed by atoms with E-state index < -0.39 is 35.3 Å². The number of aliphatic carboxylic acids is 1. The van der Waals surface area contributed by atoms with Crippen LogP contribution in [0.5, 0.6) is 0 Å². The normalized spacial score (nSPS) is 24.8. The summed E-state index contributed by atoms with van der Waals surface area (Å²) in [6, 6.07) is 6.82.